The fourth-order valence-electron chi connectivity index (χ4n) is 2.83. The molecule has 0 unspecified atom stereocenters. The summed E-state index contributed by atoms with van der Waals surface area (Å²) < 4.78 is 5.16. The Bertz CT molecular complexity index is 846. The summed E-state index contributed by atoms with van der Waals surface area (Å²) in [6, 6.07) is 24.8. The summed E-state index contributed by atoms with van der Waals surface area (Å²) in [4.78, 5) is 13.0. The van der Waals surface area contributed by atoms with E-state index in [2.05, 4.69) is 5.32 Å². The standard InChI is InChI=1S/C22H20ClNO2/c1-26-20-13-7-16(8-14-20)15-24-22(25)21(17-5-3-2-4-6-17)18-9-11-19(23)12-10-18/h2-14,21H,15H2,1H3,(H,24,25)/t21-/m1/s1. The third-order valence-electron chi connectivity index (χ3n) is 4.22. The monoisotopic (exact) mass is 365 g/mol. The number of hydrogen-bond acceptors (Lipinski definition) is 2. The van der Waals surface area contributed by atoms with Crippen LogP contribution < -0.4 is 10.1 Å². The largest absolute Gasteiger partial charge is 0.497 e. The Morgan fingerprint density at radius 2 is 1.54 bits per heavy atom. The average Bonchev–Trinajstić information content (AvgIpc) is 2.69. The van der Waals surface area contributed by atoms with Gasteiger partial charge < -0.3 is 10.1 Å². The SMILES string of the molecule is COc1ccc(CNC(=O)[C@H](c2ccccc2)c2ccc(Cl)cc2)cc1. The fraction of sp³-hybridized carbons (Fsp3) is 0.136. The van der Waals surface area contributed by atoms with Crippen molar-refractivity contribution < 1.29 is 9.53 Å². The molecule has 4 heteroatoms. The Morgan fingerprint density at radius 1 is 0.923 bits per heavy atom. The van der Waals surface area contributed by atoms with Gasteiger partial charge in [0.05, 0.1) is 13.0 Å². The normalized spacial score (nSPS) is 11.6. The highest BCUT2D eigenvalue weighted by Crippen LogP contribution is 2.26. The third kappa shape index (κ3) is 4.44. The lowest BCUT2D eigenvalue weighted by molar-refractivity contribution is -0.121. The summed E-state index contributed by atoms with van der Waals surface area (Å²) in [6.07, 6.45) is 0. The highest BCUT2D eigenvalue weighted by molar-refractivity contribution is 6.30. The Balaban J connectivity index is 1.79. The predicted octanol–water partition coefficient (Wildman–Crippen LogP) is 4.80. The number of benzene rings is 3. The molecule has 0 saturated heterocycles. The van der Waals surface area contributed by atoms with E-state index in [1.165, 1.54) is 0 Å². The molecule has 132 valence electrons. The van der Waals surface area contributed by atoms with E-state index >= 15 is 0 Å². The molecule has 26 heavy (non-hydrogen) atoms. The molecule has 3 aromatic rings. The quantitative estimate of drug-likeness (QED) is 0.681. The van der Waals surface area contributed by atoms with Crippen molar-refractivity contribution >= 4 is 17.5 Å². The number of ether oxygens (including phenoxy) is 1. The van der Waals surface area contributed by atoms with Crippen LogP contribution in [0.1, 0.15) is 22.6 Å². The van der Waals surface area contributed by atoms with Crippen molar-refractivity contribution in [1.29, 1.82) is 0 Å². The number of carbonyl (C=O) groups is 1. The molecule has 0 aliphatic rings. The number of amides is 1. The van der Waals surface area contributed by atoms with Crippen LogP contribution in [0.25, 0.3) is 0 Å². The molecule has 0 heterocycles. The Hall–Kier alpha value is -2.78. The zero-order valence-corrected chi connectivity index (χ0v) is 15.2. The molecule has 1 amide bonds. The second kappa shape index (κ2) is 8.54. The van der Waals surface area contributed by atoms with Crippen LogP contribution in [0.5, 0.6) is 5.75 Å². The second-order valence-corrected chi connectivity index (χ2v) is 6.40. The summed E-state index contributed by atoms with van der Waals surface area (Å²) in [5.74, 6) is 0.365. The topological polar surface area (TPSA) is 38.3 Å². The number of halogens is 1. The number of methoxy groups -OCH3 is 1. The lowest BCUT2D eigenvalue weighted by Gasteiger charge is -2.18. The number of rotatable bonds is 6. The van der Waals surface area contributed by atoms with Crippen LogP contribution in [-0.4, -0.2) is 13.0 Å². The molecule has 0 bridgehead atoms. The highest BCUT2D eigenvalue weighted by atomic mass is 35.5. The maximum Gasteiger partial charge on any atom is 0.232 e. The van der Waals surface area contributed by atoms with Gasteiger partial charge >= 0.3 is 0 Å². The Kier molecular flexibility index (Phi) is 5.92. The summed E-state index contributed by atoms with van der Waals surface area (Å²) in [5, 5.41) is 3.69. The first kappa shape index (κ1) is 18.0. The summed E-state index contributed by atoms with van der Waals surface area (Å²) in [7, 11) is 1.63. The molecule has 3 nitrogen and oxygen atoms in total. The van der Waals surface area contributed by atoms with Gasteiger partial charge in [0.2, 0.25) is 5.91 Å². The highest BCUT2D eigenvalue weighted by Gasteiger charge is 2.22. The van der Waals surface area contributed by atoms with E-state index < -0.39 is 0 Å². The second-order valence-electron chi connectivity index (χ2n) is 5.96. The van der Waals surface area contributed by atoms with E-state index in [0.717, 1.165) is 22.4 Å². The van der Waals surface area contributed by atoms with E-state index in [1.807, 2.05) is 78.9 Å². The molecule has 0 aliphatic heterocycles. The van der Waals surface area contributed by atoms with Crippen molar-refractivity contribution in [2.24, 2.45) is 0 Å². The molecule has 1 N–H and O–H groups in total. The fourth-order valence-corrected chi connectivity index (χ4v) is 2.96. The lowest BCUT2D eigenvalue weighted by atomic mass is 9.90. The number of hydrogen-bond donors (Lipinski definition) is 1. The van der Waals surface area contributed by atoms with E-state index in [-0.39, 0.29) is 11.8 Å². The van der Waals surface area contributed by atoms with Gasteiger partial charge in [0.1, 0.15) is 5.75 Å². The molecule has 0 radical (unpaired) electrons. The molecule has 3 aromatic carbocycles. The third-order valence-corrected chi connectivity index (χ3v) is 4.48. The van der Waals surface area contributed by atoms with Gasteiger partial charge in [-0.15, -0.1) is 0 Å². The number of nitrogens with one attached hydrogen (secondary N) is 1. The molecule has 3 rings (SSSR count). The minimum absolute atomic E-state index is 0.0469. The van der Waals surface area contributed by atoms with Crippen molar-refractivity contribution in [3.63, 3.8) is 0 Å². The average molecular weight is 366 g/mol. The van der Waals surface area contributed by atoms with Crippen LogP contribution in [0, 0.1) is 0 Å². The molecule has 0 aromatic heterocycles. The summed E-state index contributed by atoms with van der Waals surface area (Å²) >= 11 is 6.00. The first-order chi connectivity index (χ1) is 12.7. The van der Waals surface area contributed by atoms with Crippen LogP contribution in [0.4, 0.5) is 0 Å². The van der Waals surface area contributed by atoms with Gasteiger partial charge in [-0.3, -0.25) is 4.79 Å². The zero-order valence-electron chi connectivity index (χ0n) is 14.5. The van der Waals surface area contributed by atoms with Crippen LogP contribution in [0.15, 0.2) is 78.9 Å². The lowest BCUT2D eigenvalue weighted by Crippen LogP contribution is -2.29. The Morgan fingerprint density at radius 3 is 2.15 bits per heavy atom. The van der Waals surface area contributed by atoms with E-state index in [1.54, 1.807) is 7.11 Å². The van der Waals surface area contributed by atoms with Gasteiger partial charge in [0.25, 0.3) is 0 Å². The van der Waals surface area contributed by atoms with Crippen molar-refractivity contribution in [3.8, 4) is 5.75 Å². The predicted molar refractivity (Wildman–Crippen MR) is 105 cm³/mol. The van der Waals surface area contributed by atoms with Crippen LogP contribution >= 0.6 is 11.6 Å². The number of carbonyl (C=O) groups excluding carboxylic acids is 1. The molecule has 0 aliphatic carbocycles. The molecular formula is C22H20ClNO2. The van der Waals surface area contributed by atoms with Gasteiger partial charge in [-0.25, -0.2) is 0 Å². The minimum Gasteiger partial charge on any atom is -0.497 e. The molecular weight excluding hydrogens is 346 g/mol. The van der Waals surface area contributed by atoms with Gasteiger partial charge in [-0.1, -0.05) is 66.2 Å². The molecule has 0 saturated carbocycles. The molecule has 0 spiro atoms. The van der Waals surface area contributed by atoms with Crippen LogP contribution in [0.3, 0.4) is 0 Å². The van der Waals surface area contributed by atoms with Gasteiger partial charge in [-0.2, -0.15) is 0 Å². The smallest absolute Gasteiger partial charge is 0.232 e. The first-order valence-corrected chi connectivity index (χ1v) is 8.76. The van der Waals surface area contributed by atoms with Gasteiger partial charge in [-0.05, 0) is 41.0 Å². The van der Waals surface area contributed by atoms with Crippen molar-refractivity contribution in [3.05, 3.63) is 101 Å². The van der Waals surface area contributed by atoms with Crippen molar-refractivity contribution in [2.75, 3.05) is 7.11 Å². The van der Waals surface area contributed by atoms with Crippen LogP contribution in [-0.2, 0) is 11.3 Å². The summed E-state index contributed by atoms with van der Waals surface area (Å²) in [6.45, 7) is 0.458. The van der Waals surface area contributed by atoms with Crippen molar-refractivity contribution in [2.45, 2.75) is 12.5 Å². The van der Waals surface area contributed by atoms with Crippen LogP contribution in [0.2, 0.25) is 5.02 Å². The molecule has 0 fully saturated rings. The van der Waals surface area contributed by atoms with E-state index in [9.17, 15) is 4.79 Å². The van der Waals surface area contributed by atoms with Crippen molar-refractivity contribution in [1.82, 2.24) is 5.32 Å². The first-order valence-electron chi connectivity index (χ1n) is 8.38. The molecule has 1 atom stereocenters. The Labute approximate surface area is 158 Å². The maximum absolute atomic E-state index is 13.0. The summed E-state index contributed by atoms with van der Waals surface area (Å²) in [5.41, 5.74) is 2.87. The van der Waals surface area contributed by atoms with E-state index in [4.69, 9.17) is 16.3 Å². The van der Waals surface area contributed by atoms with Gasteiger partial charge in [0, 0.05) is 11.6 Å². The van der Waals surface area contributed by atoms with E-state index in [0.29, 0.717) is 11.6 Å². The van der Waals surface area contributed by atoms with Gasteiger partial charge in [0.15, 0.2) is 0 Å². The minimum atomic E-state index is -0.383. The zero-order chi connectivity index (χ0) is 18.4. The maximum atomic E-state index is 13.0.